The molecule has 9 heteroatoms. The number of hydrogen-bond acceptors (Lipinski definition) is 4. The quantitative estimate of drug-likeness (QED) is 0.253. The number of methoxy groups -OCH3 is 1. The molecule has 0 aliphatic heterocycles. The van der Waals surface area contributed by atoms with Gasteiger partial charge in [-0.15, -0.1) is 0 Å². The number of nitrogens with zero attached hydrogens (tertiary/aromatic N) is 2. The second-order valence-corrected chi connectivity index (χ2v) is 10.3. The minimum absolute atomic E-state index is 0.0927. The molecule has 0 radical (unpaired) electrons. The van der Waals surface area contributed by atoms with E-state index in [4.69, 9.17) is 9.72 Å². The fraction of sp³-hybridized carbons (Fsp3) is 0.323. The van der Waals surface area contributed by atoms with Crippen molar-refractivity contribution >= 4 is 28.6 Å². The number of anilines is 1. The predicted molar refractivity (Wildman–Crippen MR) is 147 cm³/mol. The molecule has 1 aromatic heterocycles. The third-order valence-electron chi connectivity index (χ3n) is 7.71. The lowest BCUT2D eigenvalue weighted by molar-refractivity contribution is -0.121. The van der Waals surface area contributed by atoms with Crippen molar-refractivity contribution in [1.82, 2.24) is 9.55 Å². The molecule has 7 nitrogen and oxygen atoms in total. The molecule has 2 atom stereocenters. The van der Waals surface area contributed by atoms with E-state index in [0.29, 0.717) is 22.6 Å². The Kier molecular flexibility index (Phi) is 7.93. The van der Waals surface area contributed by atoms with E-state index in [2.05, 4.69) is 5.32 Å². The van der Waals surface area contributed by atoms with Crippen molar-refractivity contribution in [3.05, 3.63) is 94.8 Å². The van der Waals surface area contributed by atoms with E-state index < -0.39 is 29.7 Å². The number of aromatic carboxylic acids is 1. The zero-order valence-electron chi connectivity index (χ0n) is 22.4. The number of rotatable bonds is 8. The van der Waals surface area contributed by atoms with Crippen LogP contribution >= 0.6 is 0 Å². The number of fused-ring (bicyclic) bond motifs is 1. The van der Waals surface area contributed by atoms with Gasteiger partial charge in [0.05, 0.1) is 16.6 Å². The first-order valence-corrected chi connectivity index (χ1v) is 13.4. The van der Waals surface area contributed by atoms with Crippen LogP contribution in [0, 0.1) is 24.5 Å². The van der Waals surface area contributed by atoms with Crippen molar-refractivity contribution in [2.45, 2.75) is 51.2 Å². The number of amides is 1. The van der Waals surface area contributed by atoms with Gasteiger partial charge in [0, 0.05) is 24.9 Å². The molecule has 3 aromatic carbocycles. The fourth-order valence-corrected chi connectivity index (χ4v) is 5.74. The Hall–Kier alpha value is -4.11. The Balaban J connectivity index is 1.68. The van der Waals surface area contributed by atoms with Gasteiger partial charge in [0.1, 0.15) is 18.0 Å². The van der Waals surface area contributed by atoms with Crippen molar-refractivity contribution in [3.8, 4) is 0 Å². The Morgan fingerprint density at radius 1 is 1.02 bits per heavy atom. The molecule has 1 fully saturated rings. The van der Waals surface area contributed by atoms with Gasteiger partial charge in [0.15, 0.2) is 11.6 Å². The van der Waals surface area contributed by atoms with Gasteiger partial charge in [-0.2, -0.15) is 0 Å². The molecule has 1 saturated carbocycles. The maximum Gasteiger partial charge on any atom is 0.335 e. The van der Waals surface area contributed by atoms with Gasteiger partial charge in [-0.25, -0.2) is 18.6 Å². The molecule has 1 aliphatic rings. The average Bonchev–Trinajstić information content (AvgIpc) is 3.28. The lowest BCUT2D eigenvalue weighted by Gasteiger charge is -2.33. The number of carboxylic acids is 1. The van der Waals surface area contributed by atoms with E-state index in [9.17, 15) is 23.5 Å². The Labute approximate surface area is 230 Å². The van der Waals surface area contributed by atoms with Crippen LogP contribution in [-0.4, -0.2) is 33.6 Å². The van der Waals surface area contributed by atoms with Gasteiger partial charge < -0.3 is 19.7 Å². The second-order valence-electron chi connectivity index (χ2n) is 10.3. The first-order chi connectivity index (χ1) is 19.3. The molecule has 208 valence electrons. The molecule has 4 aromatic rings. The van der Waals surface area contributed by atoms with Gasteiger partial charge in [0.25, 0.3) is 0 Å². The molecule has 40 heavy (non-hydrogen) atoms. The normalized spacial score (nSPS) is 15.6. The number of aromatic nitrogens is 2. The van der Waals surface area contributed by atoms with Crippen LogP contribution in [0.4, 0.5) is 14.5 Å². The topological polar surface area (TPSA) is 93.5 Å². The lowest BCUT2D eigenvalue weighted by Crippen LogP contribution is -2.35. The zero-order chi connectivity index (χ0) is 28.4. The molecular weight excluding hydrogens is 516 g/mol. The molecule has 1 aliphatic carbocycles. The number of carbonyl (C=O) groups is 2. The molecule has 1 amide bonds. The van der Waals surface area contributed by atoms with Gasteiger partial charge >= 0.3 is 5.97 Å². The van der Waals surface area contributed by atoms with E-state index in [0.717, 1.165) is 49.8 Å². The lowest BCUT2D eigenvalue weighted by atomic mass is 9.83. The van der Waals surface area contributed by atoms with Crippen molar-refractivity contribution in [3.63, 3.8) is 0 Å². The minimum atomic E-state index is -1.06. The van der Waals surface area contributed by atoms with E-state index in [-0.39, 0.29) is 22.9 Å². The number of ether oxygens (including phenoxy) is 1. The van der Waals surface area contributed by atoms with Gasteiger partial charge in [-0.3, -0.25) is 4.79 Å². The van der Waals surface area contributed by atoms with E-state index in [1.54, 1.807) is 17.6 Å². The first-order valence-electron chi connectivity index (χ1n) is 13.4. The van der Waals surface area contributed by atoms with Gasteiger partial charge in [0.2, 0.25) is 5.91 Å². The maximum atomic E-state index is 14.7. The highest BCUT2D eigenvalue weighted by molar-refractivity contribution is 5.97. The van der Waals surface area contributed by atoms with Crippen molar-refractivity contribution in [1.29, 1.82) is 0 Å². The fourth-order valence-electron chi connectivity index (χ4n) is 5.74. The van der Waals surface area contributed by atoms with Crippen LogP contribution in [0.25, 0.3) is 11.0 Å². The molecule has 1 heterocycles. The number of benzene rings is 3. The summed E-state index contributed by atoms with van der Waals surface area (Å²) in [5.74, 6) is -3.17. The summed E-state index contributed by atoms with van der Waals surface area (Å²) < 4.78 is 36.6. The summed E-state index contributed by atoms with van der Waals surface area (Å²) in [6.45, 7) is 1.73. The smallest absolute Gasteiger partial charge is 0.335 e. The summed E-state index contributed by atoms with van der Waals surface area (Å²) in [5, 5.41) is 12.3. The summed E-state index contributed by atoms with van der Waals surface area (Å²) in [4.78, 5) is 30.3. The van der Waals surface area contributed by atoms with Crippen LogP contribution in [0.2, 0.25) is 0 Å². The molecule has 5 rings (SSSR count). The van der Waals surface area contributed by atoms with E-state index >= 15 is 0 Å². The number of aryl methyl sites for hydroxylation is 1. The summed E-state index contributed by atoms with van der Waals surface area (Å²) >= 11 is 0. The van der Waals surface area contributed by atoms with Crippen LogP contribution < -0.4 is 5.32 Å². The monoisotopic (exact) mass is 547 g/mol. The molecule has 0 spiro atoms. The third-order valence-corrected chi connectivity index (χ3v) is 7.71. The van der Waals surface area contributed by atoms with Crippen LogP contribution in [0.1, 0.15) is 71.6 Å². The average molecular weight is 548 g/mol. The highest BCUT2D eigenvalue weighted by Gasteiger charge is 2.36. The zero-order valence-corrected chi connectivity index (χ0v) is 22.4. The Morgan fingerprint density at radius 2 is 1.73 bits per heavy atom. The third kappa shape index (κ3) is 5.34. The van der Waals surface area contributed by atoms with Crippen LogP contribution in [0.5, 0.6) is 0 Å². The molecule has 0 saturated heterocycles. The first kappa shape index (κ1) is 27.5. The minimum Gasteiger partial charge on any atom is -0.478 e. The van der Waals surface area contributed by atoms with Crippen molar-refractivity contribution in [2.75, 3.05) is 12.4 Å². The summed E-state index contributed by atoms with van der Waals surface area (Å²) in [6, 6.07) is 15.2. The molecule has 0 bridgehead atoms. The number of imidazole rings is 1. The number of hydrogen-bond donors (Lipinski definition) is 2. The molecule has 0 unspecified atom stereocenters. The number of halogens is 2. The molecular formula is C31H31F2N3O4. The largest absolute Gasteiger partial charge is 0.478 e. The summed E-state index contributed by atoms with van der Waals surface area (Å²) in [5.41, 5.74) is 2.50. The van der Waals surface area contributed by atoms with Gasteiger partial charge in [-0.05, 0) is 55.0 Å². The number of carboxylic acid groups (broad SMARTS) is 1. The summed E-state index contributed by atoms with van der Waals surface area (Å²) in [6.07, 6.45) is 3.80. The number of nitrogens with one attached hydrogen (secondary N) is 1. The van der Waals surface area contributed by atoms with Crippen LogP contribution in [-0.2, 0) is 9.53 Å². The standard InChI is InChI=1S/C31H31F2N3O4/c1-18-15-21(31(38)39)13-14-24(18)35-30(37)27(19-9-5-3-6-10-19)36-26-17-23(33)22(32)16-25(26)34-29(36)28(40-2)20-11-7-4-8-12-20/h4,7-8,11-17,19,27-28H,3,5-6,9-10H2,1-2H3,(H,35,37)(H,38,39)/t27-,28-/m0/s1. The summed E-state index contributed by atoms with van der Waals surface area (Å²) in [7, 11) is 1.53. The SMILES string of the molecule is CO[C@@H](c1ccccc1)c1nc2cc(F)c(F)cc2n1[C@H](C(=O)Nc1ccc(C(=O)O)cc1C)C1CCCCC1. The highest BCUT2D eigenvalue weighted by atomic mass is 19.2. The number of carbonyl (C=O) groups excluding carboxylic acids is 1. The van der Waals surface area contributed by atoms with Crippen LogP contribution in [0.3, 0.4) is 0 Å². The Bertz CT molecular complexity index is 1550. The van der Waals surface area contributed by atoms with Crippen LogP contribution in [0.15, 0.2) is 60.7 Å². The van der Waals surface area contributed by atoms with Crippen molar-refractivity contribution < 1.29 is 28.2 Å². The second kappa shape index (κ2) is 11.6. The van der Waals surface area contributed by atoms with Crippen molar-refractivity contribution in [2.24, 2.45) is 5.92 Å². The van der Waals surface area contributed by atoms with E-state index in [1.165, 1.54) is 19.2 Å². The van der Waals surface area contributed by atoms with Gasteiger partial charge in [-0.1, -0.05) is 49.6 Å². The predicted octanol–water partition coefficient (Wildman–Crippen LogP) is 6.82. The maximum absolute atomic E-state index is 14.7. The Morgan fingerprint density at radius 3 is 2.38 bits per heavy atom. The highest BCUT2D eigenvalue weighted by Crippen LogP contribution is 2.40. The van der Waals surface area contributed by atoms with E-state index in [1.807, 2.05) is 30.3 Å². The molecule has 2 N–H and O–H groups in total.